The molecule has 6 rings (SSSR count). The molecule has 0 atom stereocenters. The van der Waals surface area contributed by atoms with Gasteiger partial charge in [-0.15, -0.1) is 0 Å². The molecule has 0 bridgehead atoms. The molecule has 5 heteroatoms. The van der Waals surface area contributed by atoms with Gasteiger partial charge >= 0.3 is 183 Å². The van der Waals surface area contributed by atoms with Crippen LogP contribution in [0.5, 0.6) is 0 Å². The van der Waals surface area contributed by atoms with Gasteiger partial charge in [0.2, 0.25) is 0 Å². The van der Waals surface area contributed by atoms with E-state index < -0.39 is 24.9 Å². The number of benzene rings is 2. The van der Waals surface area contributed by atoms with E-state index in [9.17, 15) is 0 Å². The summed E-state index contributed by atoms with van der Waals surface area (Å²) >= 11 is -1.38. The molecule has 0 amide bonds. The Kier molecular flexibility index (Phi) is 6.54. The fraction of sp³-hybridized carbons (Fsp3) is 0.167. The Morgan fingerprint density at radius 3 is 2.46 bits per heavy atom. The summed E-state index contributed by atoms with van der Waals surface area (Å²) in [5.41, 5.74) is 8.84. The Bertz CT molecular complexity index is 1370. The fourth-order valence-corrected chi connectivity index (χ4v) is 8.26. The number of hydrogen-bond acceptors (Lipinski definition) is 4. The summed E-state index contributed by atoms with van der Waals surface area (Å²) in [6, 6.07) is 23.2. The van der Waals surface area contributed by atoms with Crippen LogP contribution < -0.4 is 0 Å². The molecule has 2 aliphatic carbocycles. The normalized spacial score (nSPS) is 17.0. The zero-order valence-electron chi connectivity index (χ0n) is 19.7. The molecule has 0 saturated heterocycles. The van der Waals surface area contributed by atoms with E-state index >= 15 is 0 Å². The summed E-state index contributed by atoms with van der Waals surface area (Å²) in [5, 5.41) is 8.15. The van der Waals surface area contributed by atoms with Gasteiger partial charge in [0.05, 0.1) is 0 Å². The van der Waals surface area contributed by atoms with Gasteiger partial charge in [0, 0.05) is 0 Å². The number of hydrogen-bond donors (Lipinski definition) is 0. The standard InChI is InChI=1S/C30H25N3O.Hg/c31-33-32-19-18-22-10-9-15-25(20-22)26-16-7-8-17-27(26)29-21-28(23-11-3-1-4-12-23)30(34-29)24-13-5-2-6-14-24;/h1-6,8,10-14,17,20-21H,7,9,15-16,18H2;/q-1;+1. The van der Waals surface area contributed by atoms with E-state index in [4.69, 9.17) is 4.42 Å². The molecule has 35 heavy (non-hydrogen) atoms. The van der Waals surface area contributed by atoms with Crippen LogP contribution in [0.25, 0.3) is 28.0 Å². The van der Waals surface area contributed by atoms with Gasteiger partial charge in [0.25, 0.3) is 0 Å². The average Bonchev–Trinajstić information content (AvgIpc) is 3.60. The third-order valence-electron chi connectivity index (χ3n) is 6.77. The number of allylic oxidation sites excluding steroid dienone is 8. The monoisotopic (exact) mass is 645 g/mol. The Hall–Kier alpha value is -3.11. The van der Waals surface area contributed by atoms with Gasteiger partial charge in [-0.05, 0) is 0 Å². The first-order chi connectivity index (χ1) is 17.3. The molecular formula is C30H25HgN3O. The van der Waals surface area contributed by atoms with Gasteiger partial charge in [-0.25, -0.2) is 0 Å². The minimum atomic E-state index is -1.38. The summed E-state index contributed by atoms with van der Waals surface area (Å²) in [4.78, 5) is 0. The molecule has 2 aromatic carbocycles. The predicted octanol–water partition coefficient (Wildman–Crippen LogP) is 8.53. The van der Waals surface area contributed by atoms with Crippen molar-refractivity contribution in [3.05, 3.63) is 114 Å². The topological polar surface area (TPSA) is 50.2 Å². The zero-order chi connectivity index (χ0) is 23.5. The van der Waals surface area contributed by atoms with Gasteiger partial charge in [-0.1, -0.05) is 36.4 Å². The van der Waals surface area contributed by atoms with E-state index in [1.807, 2.05) is 6.07 Å². The van der Waals surface area contributed by atoms with Crippen LogP contribution in [-0.4, -0.2) is 3.22 Å². The van der Waals surface area contributed by atoms with Crippen molar-refractivity contribution in [2.24, 2.45) is 13.2 Å². The van der Waals surface area contributed by atoms with E-state index in [0.29, 0.717) is 0 Å². The summed E-state index contributed by atoms with van der Waals surface area (Å²) in [5.74, 6) is 1.87. The van der Waals surface area contributed by atoms with E-state index in [1.54, 1.807) is 0 Å². The molecular weight excluding hydrogens is 619 g/mol. The van der Waals surface area contributed by atoms with Gasteiger partial charge in [-0.3, -0.25) is 0 Å². The second kappa shape index (κ2) is 10.2. The summed E-state index contributed by atoms with van der Waals surface area (Å²) < 4.78 is 12.1. The molecule has 0 spiro atoms. The predicted molar refractivity (Wildman–Crippen MR) is 137 cm³/mol. The van der Waals surface area contributed by atoms with E-state index in [0.717, 1.165) is 54.8 Å². The average molecular weight is 644 g/mol. The van der Waals surface area contributed by atoms with E-state index in [1.165, 1.54) is 31.1 Å². The molecule has 3 aliphatic rings. The minimum absolute atomic E-state index is 0.924. The molecule has 0 radical (unpaired) electrons. The van der Waals surface area contributed by atoms with Crippen LogP contribution >= 0.6 is 0 Å². The van der Waals surface area contributed by atoms with Crippen LogP contribution in [0, 0.1) is 0 Å². The van der Waals surface area contributed by atoms with Gasteiger partial charge in [0.1, 0.15) is 0 Å². The van der Waals surface area contributed by atoms with Crippen LogP contribution in [0.4, 0.5) is 0 Å². The van der Waals surface area contributed by atoms with Crippen LogP contribution in [0.2, 0.25) is 0 Å². The second-order valence-electron chi connectivity index (χ2n) is 9.14. The Morgan fingerprint density at radius 2 is 1.69 bits per heavy atom. The Morgan fingerprint density at radius 1 is 0.886 bits per heavy atom. The maximum atomic E-state index is 6.66. The Labute approximate surface area is 218 Å². The molecule has 0 saturated carbocycles. The van der Waals surface area contributed by atoms with Gasteiger partial charge < -0.3 is 0 Å². The van der Waals surface area contributed by atoms with Crippen LogP contribution in [0.1, 0.15) is 37.9 Å². The molecule has 0 fully saturated rings. The van der Waals surface area contributed by atoms with Crippen molar-refractivity contribution in [2.45, 2.75) is 32.1 Å². The van der Waals surface area contributed by atoms with Crippen molar-refractivity contribution in [3.8, 4) is 22.5 Å². The van der Waals surface area contributed by atoms with Crippen molar-refractivity contribution >= 4 is 8.79 Å². The Balaban J connectivity index is 1.42. The SMILES string of the molecule is C1=CC(c2cc(-c3ccccc3)c(-c3ccccc3)o2)=C(C2=CC(C[C]3=NN=[N][Hg]3)=CCC2)CC1. The third-order valence-corrected chi connectivity index (χ3v) is 10.7. The van der Waals surface area contributed by atoms with Crippen molar-refractivity contribution in [3.63, 3.8) is 0 Å². The number of furan rings is 1. The molecule has 0 N–H and O–H groups in total. The summed E-state index contributed by atoms with van der Waals surface area (Å²) in [6.07, 6.45) is 14.5. The molecule has 168 valence electrons. The van der Waals surface area contributed by atoms with Crippen molar-refractivity contribution in [2.75, 3.05) is 0 Å². The first-order valence-corrected chi connectivity index (χ1v) is 17.5. The van der Waals surface area contributed by atoms with Crippen LogP contribution in [0.3, 0.4) is 0 Å². The van der Waals surface area contributed by atoms with Crippen molar-refractivity contribution < 1.29 is 29.3 Å². The first kappa shape index (κ1) is 22.4. The van der Waals surface area contributed by atoms with Gasteiger partial charge in [-0.2, -0.15) is 0 Å². The van der Waals surface area contributed by atoms with E-state index in [2.05, 4.69) is 98.2 Å². The molecule has 1 aliphatic heterocycles. The quantitative estimate of drug-likeness (QED) is 0.248. The molecule has 2 heterocycles. The number of rotatable bonds is 6. The second-order valence-corrected chi connectivity index (χ2v) is 14.6. The first-order valence-electron chi connectivity index (χ1n) is 12.3. The summed E-state index contributed by atoms with van der Waals surface area (Å²) in [6.45, 7) is 0. The number of nitrogens with zero attached hydrogens (tertiary/aromatic N) is 3. The molecule has 0 unspecified atom stereocenters. The van der Waals surface area contributed by atoms with Crippen LogP contribution in [-0.2, 0) is 24.9 Å². The fourth-order valence-electron chi connectivity index (χ4n) is 5.08. The van der Waals surface area contributed by atoms with Gasteiger partial charge in [0.15, 0.2) is 0 Å². The maximum absolute atomic E-state index is 6.66. The van der Waals surface area contributed by atoms with Crippen molar-refractivity contribution in [1.82, 2.24) is 0 Å². The molecule has 3 aromatic rings. The van der Waals surface area contributed by atoms with E-state index in [-0.39, 0.29) is 0 Å². The third kappa shape index (κ3) is 4.85. The molecule has 1 aromatic heterocycles. The van der Waals surface area contributed by atoms with Crippen LogP contribution in [0.15, 0.2) is 125 Å². The summed E-state index contributed by atoms with van der Waals surface area (Å²) in [7, 11) is 0. The molecule has 4 nitrogen and oxygen atoms in total. The van der Waals surface area contributed by atoms with Crippen molar-refractivity contribution in [1.29, 1.82) is 0 Å². The zero-order valence-corrected chi connectivity index (χ0v) is 25.2.